The average molecular weight is 896 g/mol. The monoisotopic (exact) mass is 894 g/mol. The summed E-state index contributed by atoms with van der Waals surface area (Å²) in [4.78, 5) is 70.7. The number of carbonyl (C=O) groups is 5. The van der Waals surface area contributed by atoms with Crippen LogP contribution in [0, 0.1) is 5.92 Å². The van der Waals surface area contributed by atoms with Crippen molar-refractivity contribution in [3.8, 4) is 5.75 Å². The first-order chi connectivity index (χ1) is 28.7. The third-order valence-electron chi connectivity index (χ3n) is 11.7. The number of allylic oxidation sites excluding steroid dienone is 3. The van der Waals surface area contributed by atoms with Crippen LogP contribution in [-0.2, 0) is 44.5 Å². The second kappa shape index (κ2) is 21.4. The second-order valence-electron chi connectivity index (χ2n) is 16.3. The third kappa shape index (κ3) is 12.0. The van der Waals surface area contributed by atoms with Crippen molar-refractivity contribution in [3.05, 3.63) is 46.5 Å². The van der Waals surface area contributed by atoms with Gasteiger partial charge in [-0.25, -0.2) is 9.59 Å². The number of nitrogens with one attached hydrogen (secondary N) is 2. The van der Waals surface area contributed by atoms with Crippen LogP contribution in [0.15, 0.2) is 35.9 Å². The first-order valence-corrected chi connectivity index (χ1v) is 22.1. The van der Waals surface area contributed by atoms with Gasteiger partial charge in [-0.1, -0.05) is 48.7 Å². The molecule has 17 nitrogen and oxygen atoms in total. The average Bonchev–Trinajstić information content (AvgIpc) is 3.92. The molecule has 0 saturated carbocycles. The van der Waals surface area contributed by atoms with Gasteiger partial charge in [0.1, 0.15) is 46.8 Å². The molecule has 2 fully saturated rings. The smallest absolute Gasteiger partial charge is 0.409 e. The number of benzene rings is 1. The number of alkyl carbamates (subject to hydrolysis) is 1. The summed E-state index contributed by atoms with van der Waals surface area (Å²) in [6.45, 7) is 7.32. The largest absolute Gasteiger partial charge is 0.495 e. The number of rotatable bonds is 14. The molecule has 0 spiro atoms. The Kier molecular flexibility index (Phi) is 17.5. The van der Waals surface area contributed by atoms with Crippen LogP contribution in [0.5, 0.6) is 5.75 Å². The third-order valence-corrected chi connectivity index (χ3v) is 12.8. The van der Waals surface area contributed by atoms with Crippen molar-refractivity contribution in [1.82, 2.24) is 15.5 Å². The summed E-state index contributed by atoms with van der Waals surface area (Å²) in [5.41, 5.74) is 10.5. The van der Waals surface area contributed by atoms with Crippen molar-refractivity contribution in [2.24, 2.45) is 17.4 Å². The Bertz CT molecular complexity index is 1840. The standard InChI is InChI=1S/C42H63ClN6O11S/c1-23-13-12-15-32(57-8)42(55)21-31(58-40(54)47-42)24(2)36-41(4,60-36)33(20-34(50)49(6)29-18-26(17-23)19-30(56-7)35(29)43)59-39(53)25(3)48(5)38(52)28(22-61-9)46-37(51)27(45)14-10-11-16-44/h12-13,15,18-19,24-25,27-28,31-33,36,55H,10-11,14,16-17,20-22,44-45H2,1-9H3,(H,46,51)(H,47,54)/b15-12+,23-13+/t24?,25-,27+,28?,31?,32?,33?,36?,41?,42?/m0/s1. The fraction of sp³-hybridized carbons (Fsp3) is 0.643. The molecule has 3 heterocycles. The van der Waals surface area contributed by atoms with Crippen molar-refractivity contribution in [2.75, 3.05) is 51.8 Å². The Morgan fingerprint density at radius 2 is 1.93 bits per heavy atom. The van der Waals surface area contributed by atoms with Gasteiger partial charge >= 0.3 is 12.1 Å². The molecule has 1 aromatic carbocycles. The van der Waals surface area contributed by atoms with Gasteiger partial charge in [0.05, 0.1) is 31.4 Å². The lowest BCUT2D eigenvalue weighted by Gasteiger charge is -2.42. The van der Waals surface area contributed by atoms with Gasteiger partial charge in [0, 0.05) is 39.3 Å². The zero-order valence-corrected chi connectivity index (χ0v) is 38.1. The van der Waals surface area contributed by atoms with E-state index in [1.807, 2.05) is 13.0 Å². The van der Waals surface area contributed by atoms with Crippen molar-refractivity contribution in [3.63, 3.8) is 0 Å². The van der Waals surface area contributed by atoms with Crippen LogP contribution in [0.4, 0.5) is 10.5 Å². The van der Waals surface area contributed by atoms with E-state index in [2.05, 4.69) is 10.6 Å². The van der Waals surface area contributed by atoms with E-state index in [4.69, 9.17) is 46.8 Å². The van der Waals surface area contributed by atoms with Gasteiger partial charge in [-0.3, -0.25) is 19.7 Å². The highest BCUT2D eigenvalue weighted by Crippen LogP contribution is 2.49. The zero-order valence-electron chi connectivity index (χ0n) is 36.5. The normalized spacial score (nSPS) is 29.6. The summed E-state index contributed by atoms with van der Waals surface area (Å²) in [6, 6.07) is 0.526. The number of likely N-dealkylation sites (N-methyl/N-ethyl adjacent to an activating group) is 1. The number of amides is 4. The van der Waals surface area contributed by atoms with Crippen LogP contribution in [0.25, 0.3) is 0 Å². The number of nitrogens with two attached hydrogens (primary N) is 2. The Labute approximate surface area is 367 Å². The highest BCUT2D eigenvalue weighted by molar-refractivity contribution is 7.98. The molecule has 4 rings (SSSR count). The van der Waals surface area contributed by atoms with Gasteiger partial charge in [-0.05, 0) is 70.5 Å². The van der Waals surface area contributed by atoms with Crippen LogP contribution in [-0.4, -0.2) is 141 Å². The lowest BCUT2D eigenvalue weighted by Crippen LogP contribution is -2.63. The number of anilines is 1. The van der Waals surface area contributed by atoms with Gasteiger partial charge in [0.25, 0.3) is 0 Å². The molecule has 2 saturated heterocycles. The summed E-state index contributed by atoms with van der Waals surface area (Å²) in [6.07, 6.45) is 4.01. The summed E-state index contributed by atoms with van der Waals surface area (Å²) < 4.78 is 29.4. The minimum Gasteiger partial charge on any atom is -0.495 e. The maximum Gasteiger partial charge on any atom is 0.409 e. The molecule has 7 N–H and O–H groups in total. The minimum absolute atomic E-state index is 0.0893. The van der Waals surface area contributed by atoms with E-state index in [0.29, 0.717) is 43.7 Å². The van der Waals surface area contributed by atoms with E-state index in [-0.39, 0.29) is 23.6 Å². The van der Waals surface area contributed by atoms with E-state index in [0.717, 1.165) is 11.1 Å². The Balaban J connectivity index is 1.69. The predicted octanol–water partition coefficient (Wildman–Crippen LogP) is 2.82. The molecular formula is C42H63ClN6O11S. The summed E-state index contributed by atoms with van der Waals surface area (Å²) in [5.74, 6) is -2.40. The molecule has 3 aliphatic rings. The summed E-state index contributed by atoms with van der Waals surface area (Å²) >= 11 is 8.13. The fourth-order valence-electron chi connectivity index (χ4n) is 7.70. The van der Waals surface area contributed by atoms with Gasteiger partial charge in [-0.15, -0.1) is 0 Å². The van der Waals surface area contributed by atoms with E-state index < -0.39 is 89.6 Å². The van der Waals surface area contributed by atoms with Crippen molar-refractivity contribution >= 4 is 58.8 Å². The van der Waals surface area contributed by atoms with Crippen molar-refractivity contribution in [1.29, 1.82) is 0 Å². The summed E-state index contributed by atoms with van der Waals surface area (Å²) in [5, 5.41) is 17.2. The molecule has 61 heavy (non-hydrogen) atoms. The highest BCUT2D eigenvalue weighted by Gasteiger charge is 2.64. The number of esters is 1. The van der Waals surface area contributed by atoms with E-state index in [9.17, 15) is 29.1 Å². The SMILES string of the molecule is COc1cc2cc(c1Cl)N(C)C(=O)CC(OC(=O)[C@H](C)N(C)C(=O)C(CSC)NC(=O)[C@H](N)CCCCN)C1(C)OC1C(C)C1CC(O)(NC(=O)O1)C(OC)/C=C/C=C(\C)C2. The molecule has 1 aromatic rings. The van der Waals surface area contributed by atoms with E-state index >= 15 is 0 Å². The first-order valence-electron chi connectivity index (χ1n) is 20.4. The van der Waals surface area contributed by atoms with Gasteiger partial charge < -0.3 is 55.4 Å². The maximum atomic E-state index is 14.3. The number of nitrogens with zero attached hydrogens (tertiary/aromatic N) is 2. The summed E-state index contributed by atoms with van der Waals surface area (Å²) in [7, 11) is 5.87. The van der Waals surface area contributed by atoms with Gasteiger partial charge in [0.2, 0.25) is 17.7 Å². The quantitative estimate of drug-likeness (QED) is 0.103. The van der Waals surface area contributed by atoms with Gasteiger partial charge in [-0.2, -0.15) is 11.8 Å². The Morgan fingerprint density at radius 1 is 1.23 bits per heavy atom. The van der Waals surface area contributed by atoms with E-state index in [1.54, 1.807) is 51.4 Å². The number of halogens is 1. The number of methoxy groups -OCH3 is 2. The molecule has 4 bridgehead atoms. The highest BCUT2D eigenvalue weighted by atomic mass is 35.5. The minimum atomic E-state index is -1.87. The molecule has 0 aromatic heterocycles. The zero-order chi connectivity index (χ0) is 45.4. The van der Waals surface area contributed by atoms with Crippen LogP contribution >= 0.6 is 23.4 Å². The molecule has 0 radical (unpaired) electrons. The molecule has 0 aliphatic carbocycles. The lowest BCUT2D eigenvalue weighted by molar-refractivity contribution is -0.162. The number of aliphatic hydroxyl groups is 1. The number of ether oxygens (including phenoxy) is 5. The maximum absolute atomic E-state index is 14.3. The lowest BCUT2D eigenvalue weighted by atomic mass is 9.83. The molecule has 19 heteroatoms. The molecule has 8 unspecified atom stereocenters. The fourth-order valence-corrected chi connectivity index (χ4v) is 8.57. The Morgan fingerprint density at radius 3 is 2.57 bits per heavy atom. The molecule has 3 aliphatic heterocycles. The molecule has 4 amide bonds. The number of thioether (sulfide) groups is 1. The van der Waals surface area contributed by atoms with Crippen molar-refractivity contribution in [2.45, 2.75) is 120 Å². The number of hydrogen-bond acceptors (Lipinski definition) is 14. The van der Waals surface area contributed by atoms with Crippen LogP contribution in [0.2, 0.25) is 5.02 Å². The Hall–Kier alpha value is -3.91. The van der Waals surface area contributed by atoms with Crippen LogP contribution in [0.1, 0.15) is 65.4 Å². The molecule has 340 valence electrons. The second-order valence-corrected chi connectivity index (χ2v) is 17.5. The molecular weight excluding hydrogens is 832 g/mol. The number of fused-ring (bicyclic) bond motifs is 5. The number of epoxide rings is 1. The number of carbonyl (C=O) groups excluding carboxylic acids is 5. The first kappa shape index (κ1) is 49.7. The van der Waals surface area contributed by atoms with Crippen molar-refractivity contribution < 1.29 is 52.8 Å². The topological polar surface area (TPSA) is 238 Å². The number of hydrogen-bond donors (Lipinski definition) is 5. The number of unbranched alkanes of at least 4 members (excludes halogenated alkanes) is 1. The van der Waals surface area contributed by atoms with Crippen LogP contribution < -0.4 is 31.7 Å². The van der Waals surface area contributed by atoms with Crippen LogP contribution in [0.3, 0.4) is 0 Å². The van der Waals surface area contributed by atoms with E-state index in [1.165, 1.54) is 49.8 Å². The predicted molar refractivity (Wildman–Crippen MR) is 232 cm³/mol. The molecule has 10 atom stereocenters. The van der Waals surface area contributed by atoms with Gasteiger partial charge in [0.15, 0.2) is 5.72 Å².